The van der Waals surface area contributed by atoms with E-state index in [1.54, 1.807) is 23.5 Å². The zero-order valence-corrected chi connectivity index (χ0v) is 38.3. The molecule has 4 fully saturated rings. The van der Waals surface area contributed by atoms with Crippen molar-refractivity contribution in [2.24, 2.45) is 16.5 Å². The highest BCUT2D eigenvalue weighted by molar-refractivity contribution is 8.00. The summed E-state index contributed by atoms with van der Waals surface area (Å²) >= 11 is 4.42. The average Bonchev–Trinajstić information content (AvgIpc) is 3.29. The van der Waals surface area contributed by atoms with Crippen molar-refractivity contribution in [3.05, 3.63) is 0 Å². The van der Waals surface area contributed by atoms with Crippen molar-refractivity contribution in [1.82, 2.24) is 0 Å². The van der Waals surface area contributed by atoms with E-state index in [-0.39, 0.29) is 32.8 Å². The first-order chi connectivity index (χ1) is 30.6. The van der Waals surface area contributed by atoms with Gasteiger partial charge in [0.25, 0.3) is 0 Å². The molecule has 1 aliphatic carbocycles. The van der Waals surface area contributed by atoms with Gasteiger partial charge in [-0.25, -0.2) is 0 Å². The summed E-state index contributed by atoms with van der Waals surface area (Å²) in [4.78, 5) is 4.35. The number of hydrogen-bond donors (Lipinski definition) is 14. The first-order valence-corrected chi connectivity index (χ1v) is 24.8. The summed E-state index contributed by atoms with van der Waals surface area (Å²) in [5.41, 5.74) is 9.77. The number of rotatable bonds is 27. The topological polar surface area (TPSA) is 381 Å². The summed E-state index contributed by atoms with van der Waals surface area (Å²) in [6, 6.07) is 0. The molecule has 3 heterocycles. The Hall–Kier alpha value is -0.320. The minimum atomic E-state index is -1.85. The van der Waals surface area contributed by atoms with Crippen molar-refractivity contribution in [2.45, 2.75) is 148 Å². The normalized spacial score (nSPS) is 40.4. The molecule has 4 rings (SSSR count). The molecule has 19 unspecified atom stereocenters. The minimum absolute atomic E-state index is 0. The van der Waals surface area contributed by atoms with Gasteiger partial charge < -0.3 is 111 Å². The maximum absolute atomic E-state index is 11.3. The van der Waals surface area contributed by atoms with E-state index in [1.807, 2.05) is 0 Å². The first kappa shape index (κ1) is 59.0. The molecule has 0 spiro atoms. The Kier molecular flexibility index (Phi) is 27.0. The largest absolute Gasteiger partial charge is 0.394 e. The molecule has 3 aliphatic heterocycles. The monoisotopic (exact) mass is 1000 g/mol. The van der Waals surface area contributed by atoms with Crippen molar-refractivity contribution >= 4 is 41.1 Å². The molecule has 26 heteroatoms. The summed E-state index contributed by atoms with van der Waals surface area (Å²) in [7, 11) is 1.25. The lowest BCUT2D eigenvalue weighted by Crippen LogP contribution is -2.63. The predicted octanol–water partition coefficient (Wildman–Crippen LogP) is -5.33. The molecule has 19 atom stereocenters. The Morgan fingerprint density at radius 1 is 0.677 bits per heavy atom. The van der Waals surface area contributed by atoms with Gasteiger partial charge in [-0.15, -0.1) is 11.8 Å². The Morgan fingerprint density at radius 3 is 1.74 bits per heavy atom. The van der Waals surface area contributed by atoms with E-state index in [0.717, 1.165) is 5.75 Å². The number of nitrogens with zero attached hydrogens (tertiary/aromatic N) is 1. The molecule has 65 heavy (non-hydrogen) atoms. The molecule has 0 radical (unpaired) electrons. The lowest BCUT2D eigenvalue weighted by atomic mass is 9.80. The van der Waals surface area contributed by atoms with E-state index in [4.69, 9.17) is 49.4 Å². The van der Waals surface area contributed by atoms with Crippen LogP contribution in [0.25, 0.3) is 0 Å². The van der Waals surface area contributed by atoms with Crippen LogP contribution in [-0.2, 0) is 37.9 Å². The second kappa shape index (κ2) is 29.8. The van der Waals surface area contributed by atoms with Crippen molar-refractivity contribution < 1.29 is 99.2 Å². The highest BCUT2D eigenvalue weighted by Crippen LogP contribution is 2.37. The van der Waals surface area contributed by atoms with Crippen LogP contribution in [-0.4, -0.2) is 271 Å². The third kappa shape index (κ3) is 16.4. The Balaban J connectivity index is 0.0000112. The SMILES string of the molecule is C.COC1OC(COC2OC(COC3OC(CO)C(O)C(O)C3OCCCSCCN=C(N)CSC3CCC(O)C(O)C3(O)CO)C(O)C(O)C2OCCCSCCN)C(O)C(O)C1O. The highest BCUT2D eigenvalue weighted by Gasteiger charge is 2.52. The van der Waals surface area contributed by atoms with Gasteiger partial charge in [0, 0.05) is 50.2 Å². The van der Waals surface area contributed by atoms with Crippen molar-refractivity contribution in [3.8, 4) is 0 Å². The van der Waals surface area contributed by atoms with Crippen LogP contribution in [0.4, 0.5) is 0 Å². The van der Waals surface area contributed by atoms with E-state index in [1.165, 1.54) is 18.9 Å². The standard InChI is InChI=1S/C38H71N3O20S3.CH4/c1-54-35-31(51)28(48)26(46)21(60-35)15-58-37-33(56-8-2-10-62-12-6-39)30(50)27(47)22(61-37)16-57-36-32(29(49)25(45)20(14-42)59-36)55-9-3-11-63-13-7-41-24(40)17-64-23-5-4-19(44)34(52)38(23,53)18-43;/h19-23,25-37,42-53H,2-18,39H2,1H3,(H2,40,41);1H4. The van der Waals surface area contributed by atoms with E-state index < -0.39 is 142 Å². The quantitative estimate of drug-likeness (QED) is 0.0208. The number of nitrogens with two attached hydrogens (primary N) is 2. The van der Waals surface area contributed by atoms with Crippen LogP contribution in [0.1, 0.15) is 33.1 Å². The van der Waals surface area contributed by atoms with Gasteiger partial charge in [0.1, 0.15) is 90.8 Å². The van der Waals surface area contributed by atoms with Gasteiger partial charge in [-0.3, -0.25) is 4.99 Å². The highest BCUT2D eigenvalue weighted by atomic mass is 32.2. The van der Waals surface area contributed by atoms with Crippen LogP contribution >= 0.6 is 35.3 Å². The third-order valence-corrected chi connectivity index (χ3v) is 15.0. The van der Waals surface area contributed by atoms with E-state index in [2.05, 4.69) is 4.99 Å². The molecule has 23 nitrogen and oxygen atoms in total. The second-order valence-corrected chi connectivity index (χ2v) is 19.6. The fraction of sp³-hybridized carbons (Fsp3) is 0.974. The maximum Gasteiger partial charge on any atom is 0.187 e. The maximum atomic E-state index is 11.3. The molecule has 0 aromatic rings. The number of aliphatic hydroxyl groups is 12. The molecular weight excluding hydrogens is 927 g/mol. The van der Waals surface area contributed by atoms with Gasteiger partial charge in [-0.1, -0.05) is 7.43 Å². The van der Waals surface area contributed by atoms with E-state index in [9.17, 15) is 61.3 Å². The number of aliphatic hydroxyl groups excluding tert-OH is 11. The van der Waals surface area contributed by atoms with Gasteiger partial charge in [0.05, 0.1) is 38.3 Å². The predicted molar refractivity (Wildman–Crippen MR) is 239 cm³/mol. The minimum Gasteiger partial charge on any atom is -0.394 e. The molecular formula is C39H75N3O20S3. The van der Waals surface area contributed by atoms with Gasteiger partial charge in [0.2, 0.25) is 0 Å². The zero-order valence-electron chi connectivity index (χ0n) is 35.9. The summed E-state index contributed by atoms with van der Waals surface area (Å²) in [5, 5.41) is 125. The van der Waals surface area contributed by atoms with E-state index >= 15 is 0 Å². The van der Waals surface area contributed by atoms with Gasteiger partial charge in [-0.05, 0) is 37.2 Å². The molecule has 4 aliphatic rings. The van der Waals surface area contributed by atoms with Gasteiger partial charge in [-0.2, -0.15) is 23.5 Å². The number of ether oxygens (including phenoxy) is 8. The second-order valence-electron chi connectivity index (χ2n) is 16.0. The molecule has 0 aromatic carbocycles. The number of amidine groups is 1. The molecule has 384 valence electrons. The molecule has 0 bridgehead atoms. The van der Waals surface area contributed by atoms with Gasteiger partial charge in [0.15, 0.2) is 18.9 Å². The fourth-order valence-corrected chi connectivity index (χ4v) is 10.3. The molecule has 16 N–H and O–H groups in total. The molecule has 3 saturated heterocycles. The van der Waals surface area contributed by atoms with Crippen LogP contribution in [0.15, 0.2) is 4.99 Å². The number of thioether (sulfide) groups is 3. The summed E-state index contributed by atoms with van der Waals surface area (Å²) < 4.78 is 46.2. The summed E-state index contributed by atoms with van der Waals surface area (Å²) in [5.74, 6) is 3.25. The van der Waals surface area contributed by atoms with Crippen LogP contribution in [0, 0.1) is 0 Å². The van der Waals surface area contributed by atoms with Crippen molar-refractivity contribution in [3.63, 3.8) is 0 Å². The van der Waals surface area contributed by atoms with Crippen LogP contribution < -0.4 is 11.5 Å². The molecule has 0 aromatic heterocycles. The molecule has 1 saturated carbocycles. The number of methoxy groups -OCH3 is 1. The molecule has 0 amide bonds. The third-order valence-electron chi connectivity index (χ3n) is 11.4. The van der Waals surface area contributed by atoms with Crippen LogP contribution in [0.5, 0.6) is 0 Å². The lowest BCUT2D eigenvalue weighted by Gasteiger charge is -2.45. The van der Waals surface area contributed by atoms with Gasteiger partial charge >= 0.3 is 0 Å². The van der Waals surface area contributed by atoms with Crippen molar-refractivity contribution in [1.29, 1.82) is 0 Å². The average molecular weight is 1000 g/mol. The van der Waals surface area contributed by atoms with Crippen LogP contribution in [0.2, 0.25) is 0 Å². The lowest BCUT2D eigenvalue weighted by molar-refractivity contribution is -0.347. The number of hydrogen-bond acceptors (Lipinski definition) is 25. The summed E-state index contributed by atoms with van der Waals surface area (Å²) in [6.45, 7) is -1.14. The first-order valence-electron chi connectivity index (χ1n) is 21.4. The van der Waals surface area contributed by atoms with Crippen LogP contribution in [0.3, 0.4) is 0 Å². The Morgan fingerprint density at radius 2 is 1.20 bits per heavy atom. The Bertz CT molecular complexity index is 1350. The number of aliphatic imine (C=N–C) groups is 1. The smallest absolute Gasteiger partial charge is 0.187 e. The summed E-state index contributed by atoms with van der Waals surface area (Å²) in [6.07, 6.45) is -22.2. The van der Waals surface area contributed by atoms with Crippen molar-refractivity contribution in [2.75, 3.05) is 88.6 Å². The van der Waals surface area contributed by atoms with E-state index in [0.29, 0.717) is 55.4 Å². The Labute approximate surface area is 392 Å². The zero-order chi connectivity index (χ0) is 47.0. The fourth-order valence-electron chi connectivity index (χ4n) is 7.56.